The van der Waals surface area contributed by atoms with Crippen molar-refractivity contribution < 1.29 is 8.42 Å². The number of nitrogens with one attached hydrogen (secondary N) is 1. The van der Waals surface area contributed by atoms with Crippen molar-refractivity contribution in [3.63, 3.8) is 0 Å². The summed E-state index contributed by atoms with van der Waals surface area (Å²) in [4.78, 5) is 0. The monoisotopic (exact) mass is 237 g/mol. The van der Waals surface area contributed by atoms with Crippen LogP contribution >= 0.6 is 0 Å². The van der Waals surface area contributed by atoms with Crippen molar-refractivity contribution in [2.24, 2.45) is 0 Å². The van der Waals surface area contributed by atoms with Gasteiger partial charge in [0.05, 0.1) is 11.9 Å². The number of aromatic nitrogens is 2. The van der Waals surface area contributed by atoms with E-state index >= 15 is 0 Å². The minimum absolute atomic E-state index is 0.540. The van der Waals surface area contributed by atoms with Crippen molar-refractivity contribution >= 4 is 15.7 Å². The lowest BCUT2D eigenvalue weighted by atomic mass is 10.3. The Morgan fingerprint density at radius 2 is 1.94 bits per heavy atom. The van der Waals surface area contributed by atoms with E-state index in [1.807, 2.05) is 12.3 Å². The number of nitrogens with zero attached hydrogens (tertiary/aromatic N) is 2. The highest BCUT2D eigenvalue weighted by Crippen LogP contribution is 2.13. The molecule has 2 aromatic rings. The van der Waals surface area contributed by atoms with Gasteiger partial charge >= 0.3 is 0 Å². The Bertz CT molecular complexity index is 559. The summed E-state index contributed by atoms with van der Waals surface area (Å²) in [6.07, 6.45) is 4.62. The van der Waals surface area contributed by atoms with Crippen molar-refractivity contribution in [1.82, 2.24) is 9.78 Å². The Hall–Kier alpha value is -1.82. The summed E-state index contributed by atoms with van der Waals surface area (Å²) >= 11 is 0. The molecule has 16 heavy (non-hydrogen) atoms. The zero-order chi connectivity index (χ0) is 11.6. The van der Waals surface area contributed by atoms with Gasteiger partial charge in [-0.2, -0.15) is 5.10 Å². The summed E-state index contributed by atoms with van der Waals surface area (Å²) in [5, 5.41) is 4.07. The maximum Gasteiger partial charge on any atom is 0.229 e. The molecule has 1 aromatic heterocycles. The molecular formula is C10H11N3O2S. The van der Waals surface area contributed by atoms with Crippen LogP contribution in [0.25, 0.3) is 5.69 Å². The predicted molar refractivity (Wildman–Crippen MR) is 62.0 cm³/mol. The molecule has 84 valence electrons. The molecule has 0 spiro atoms. The number of benzene rings is 1. The smallest absolute Gasteiger partial charge is 0.229 e. The average Bonchev–Trinajstić information content (AvgIpc) is 2.69. The number of anilines is 1. The third-order valence-electron chi connectivity index (χ3n) is 1.94. The first-order chi connectivity index (χ1) is 7.54. The van der Waals surface area contributed by atoms with E-state index in [1.54, 1.807) is 35.1 Å². The first-order valence-corrected chi connectivity index (χ1v) is 6.52. The lowest BCUT2D eigenvalue weighted by molar-refractivity contribution is 0.607. The van der Waals surface area contributed by atoms with Crippen molar-refractivity contribution in [2.75, 3.05) is 11.0 Å². The largest absolute Gasteiger partial charge is 0.284 e. The highest BCUT2D eigenvalue weighted by Gasteiger charge is 2.01. The number of rotatable bonds is 3. The Labute approximate surface area is 93.8 Å². The zero-order valence-electron chi connectivity index (χ0n) is 8.66. The van der Waals surface area contributed by atoms with Crippen LogP contribution < -0.4 is 4.72 Å². The van der Waals surface area contributed by atoms with Gasteiger partial charge in [0.2, 0.25) is 10.0 Å². The molecule has 5 nitrogen and oxygen atoms in total. The number of sulfonamides is 1. The lowest BCUT2D eigenvalue weighted by Gasteiger charge is -2.05. The average molecular weight is 237 g/mol. The molecule has 1 N–H and O–H groups in total. The minimum atomic E-state index is -3.22. The maximum absolute atomic E-state index is 11.0. The van der Waals surface area contributed by atoms with Crippen molar-refractivity contribution in [3.8, 4) is 5.69 Å². The highest BCUT2D eigenvalue weighted by atomic mass is 32.2. The molecular weight excluding hydrogens is 226 g/mol. The van der Waals surface area contributed by atoms with E-state index in [2.05, 4.69) is 9.82 Å². The third kappa shape index (κ3) is 2.60. The maximum atomic E-state index is 11.0. The Kier molecular flexibility index (Phi) is 2.66. The van der Waals surface area contributed by atoms with Gasteiger partial charge in [-0.1, -0.05) is 0 Å². The van der Waals surface area contributed by atoms with Gasteiger partial charge in [-0.25, -0.2) is 13.1 Å². The molecule has 0 saturated heterocycles. The molecule has 0 amide bonds. The quantitative estimate of drug-likeness (QED) is 0.873. The minimum Gasteiger partial charge on any atom is -0.284 e. The molecule has 2 rings (SSSR count). The molecule has 0 aliphatic carbocycles. The van der Waals surface area contributed by atoms with Crippen LogP contribution in [-0.4, -0.2) is 24.5 Å². The molecule has 1 heterocycles. The molecule has 0 bridgehead atoms. The number of hydrogen-bond acceptors (Lipinski definition) is 3. The van der Waals surface area contributed by atoms with E-state index < -0.39 is 10.0 Å². The Balaban J connectivity index is 2.24. The molecule has 0 aliphatic heterocycles. The third-order valence-corrected chi connectivity index (χ3v) is 2.55. The molecule has 0 atom stereocenters. The van der Waals surface area contributed by atoms with E-state index in [0.29, 0.717) is 5.69 Å². The van der Waals surface area contributed by atoms with E-state index in [0.717, 1.165) is 11.9 Å². The number of hydrogen-bond donors (Lipinski definition) is 1. The van der Waals surface area contributed by atoms with Gasteiger partial charge in [0.15, 0.2) is 0 Å². The van der Waals surface area contributed by atoms with Gasteiger partial charge < -0.3 is 0 Å². The lowest BCUT2D eigenvalue weighted by Crippen LogP contribution is -2.09. The summed E-state index contributed by atoms with van der Waals surface area (Å²) in [5.74, 6) is 0. The molecule has 1 aromatic carbocycles. The van der Waals surface area contributed by atoms with Crippen LogP contribution in [-0.2, 0) is 10.0 Å². The normalized spacial score (nSPS) is 11.3. The summed E-state index contributed by atoms with van der Waals surface area (Å²) in [7, 11) is -3.22. The van der Waals surface area contributed by atoms with Crippen molar-refractivity contribution in [3.05, 3.63) is 42.7 Å². The second-order valence-corrected chi connectivity index (χ2v) is 5.12. The standard InChI is InChI=1S/C10H11N3O2S/c1-16(14,15)12-9-3-5-10(6-4-9)13-8-2-7-11-13/h2-8,12H,1H3. The fraction of sp³-hybridized carbons (Fsp3) is 0.100. The Morgan fingerprint density at radius 3 is 2.44 bits per heavy atom. The second-order valence-electron chi connectivity index (χ2n) is 3.37. The SMILES string of the molecule is CS(=O)(=O)Nc1ccc(-n2cccn2)cc1. The summed E-state index contributed by atoms with van der Waals surface area (Å²) in [6.45, 7) is 0. The molecule has 0 aliphatic rings. The Morgan fingerprint density at radius 1 is 1.25 bits per heavy atom. The topological polar surface area (TPSA) is 64.0 Å². The van der Waals surface area contributed by atoms with Crippen LogP contribution in [0, 0.1) is 0 Å². The highest BCUT2D eigenvalue weighted by molar-refractivity contribution is 7.92. The van der Waals surface area contributed by atoms with Gasteiger partial charge in [0, 0.05) is 18.1 Å². The van der Waals surface area contributed by atoms with Gasteiger partial charge in [-0.3, -0.25) is 4.72 Å². The summed E-state index contributed by atoms with van der Waals surface area (Å²) in [6, 6.07) is 8.79. The van der Waals surface area contributed by atoms with Gasteiger partial charge in [0.25, 0.3) is 0 Å². The van der Waals surface area contributed by atoms with Crippen molar-refractivity contribution in [1.29, 1.82) is 0 Å². The van der Waals surface area contributed by atoms with E-state index in [1.165, 1.54) is 0 Å². The van der Waals surface area contributed by atoms with Crippen LogP contribution in [0.3, 0.4) is 0 Å². The van der Waals surface area contributed by atoms with E-state index in [9.17, 15) is 8.42 Å². The predicted octanol–water partition coefficient (Wildman–Crippen LogP) is 1.24. The van der Waals surface area contributed by atoms with Gasteiger partial charge in [-0.05, 0) is 30.3 Å². The first kappa shape index (κ1) is 10.7. The molecule has 0 radical (unpaired) electrons. The van der Waals surface area contributed by atoms with Crippen LogP contribution in [0.1, 0.15) is 0 Å². The zero-order valence-corrected chi connectivity index (χ0v) is 9.48. The fourth-order valence-corrected chi connectivity index (χ4v) is 1.88. The van der Waals surface area contributed by atoms with Crippen LogP contribution in [0.4, 0.5) is 5.69 Å². The second kappa shape index (κ2) is 3.97. The van der Waals surface area contributed by atoms with Crippen LogP contribution in [0.2, 0.25) is 0 Å². The van der Waals surface area contributed by atoms with Crippen molar-refractivity contribution in [2.45, 2.75) is 0 Å². The van der Waals surface area contributed by atoms with Crippen LogP contribution in [0.5, 0.6) is 0 Å². The van der Waals surface area contributed by atoms with Crippen LogP contribution in [0.15, 0.2) is 42.7 Å². The van der Waals surface area contributed by atoms with Gasteiger partial charge in [0.1, 0.15) is 0 Å². The molecule has 6 heteroatoms. The molecule has 0 fully saturated rings. The molecule has 0 saturated carbocycles. The van der Waals surface area contributed by atoms with E-state index in [-0.39, 0.29) is 0 Å². The van der Waals surface area contributed by atoms with E-state index in [4.69, 9.17) is 0 Å². The summed E-state index contributed by atoms with van der Waals surface area (Å²) in [5.41, 5.74) is 1.42. The summed E-state index contributed by atoms with van der Waals surface area (Å²) < 4.78 is 26.1. The van der Waals surface area contributed by atoms with Gasteiger partial charge in [-0.15, -0.1) is 0 Å². The fourth-order valence-electron chi connectivity index (χ4n) is 1.32. The first-order valence-electron chi connectivity index (χ1n) is 4.62. The molecule has 0 unspecified atom stereocenters.